The lowest BCUT2D eigenvalue weighted by Gasteiger charge is -2.33. The maximum absolute atomic E-state index is 11.4. The number of piperidine rings is 1. The third-order valence-electron chi connectivity index (χ3n) is 4.29. The van der Waals surface area contributed by atoms with Crippen LogP contribution >= 0.6 is 0 Å². The van der Waals surface area contributed by atoms with Gasteiger partial charge in [0.1, 0.15) is 5.78 Å². The van der Waals surface area contributed by atoms with Gasteiger partial charge in [-0.15, -0.1) is 0 Å². The van der Waals surface area contributed by atoms with Crippen molar-refractivity contribution in [1.29, 1.82) is 0 Å². The Labute approximate surface area is 93.0 Å². The van der Waals surface area contributed by atoms with E-state index in [1.165, 1.54) is 25.8 Å². The standard InChI is InChI=1S/C13H23NO/c1-10-4-3-5-12(10)9-14-7-6-13(15)11(2)8-14/h10-12H,3-9H2,1-2H3. The average molecular weight is 209 g/mol. The Hall–Kier alpha value is -0.370. The van der Waals surface area contributed by atoms with E-state index in [1.54, 1.807) is 0 Å². The molecular formula is C13H23NO. The molecule has 1 aliphatic heterocycles. The van der Waals surface area contributed by atoms with Crippen LogP contribution in [0, 0.1) is 17.8 Å². The summed E-state index contributed by atoms with van der Waals surface area (Å²) in [6.45, 7) is 7.70. The Balaban J connectivity index is 1.82. The van der Waals surface area contributed by atoms with E-state index in [-0.39, 0.29) is 5.92 Å². The van der Waals surface area contributed by atoms with Crippen molar-refractivity contribution < 1.29 is 4.79 Å². The lowest BCUT2D eigenvalue weighted by atomic mass is 9.94. The summed E-state index contributed by atoms with van der Waals surface area (Å²) in [6, 6.07) is 0. The van der Waals surface area contributed by atoms with E-state index in [0.717, 1.165) is 31.3 Å². The quantitative estimate of drug-likeness (QED) is 0.695. The van der Waals surface area contributed by atoms with Crippen LogP contribution in [0.3, 0.4) is 0 Å². The second-order valence-corrected chi connectivity index (χ2v) is 5.55. The van der Waals surface area contributed by atoms with Crippen LogP contribution in [0.2, 0.25) is 0 Å². The normalized spacial score (nSPS) is 38.5. The second-order valence-electron chi connectivity index (χ2n) is 5.55. The highest BCUT2D eigenvalue weighted by atomic mass is 16.1. The van der Waals surface area contributed by atoms with Crippen LogP contribution in [0.25, 0.3) is 0 Å². The van der Waals surface area contributed by atoms with Crippen LogP contribution in [0.4, 0.5) is 0 Å². The van der Waals surface area contributed by atoms with Gasteiger partial charge >= 0.3 is 0 Å². The fourth-order valence-corrected chi connectivity index (χ4v) is 3.09. The topological polar surface area (TPSA) is 20.3 Å². The lowest BCUT2D eigenvalue weighted by Crippen LogP contribution is -2.42. The summed E-state index contributed by atoms with van der Waals surface area (Å²) < 4.78 is 0. The molecule has 2 rings (SSSR count). The van der Waals surface area contributed by atoms with Crippen molar-refractivity contribution >= 4 is 5.78 Å². The summed E-state index contributed by atoms with van der Waals surface area (Å²) in [4.78, 5) is 13.9. The Bertz CT molecular complexity index is 239. The molecule has 86 valence electrons. The second kappa shape index (κ2) is 4.65. The molecule has 15 heavy (non-hydrogen) atoms. The fraction of sp³-hybridized carbons (Fsp3) is 0.923. The van der Waals surface area contributed by atoms with Crippen molar-refractivity contribution in [3.05, 3.63) is 0 Å². The molecule has 0 N–H and O–H groups in total. The number of nitrogens with zero attached hydrogens (tertiary/aromatic N) is 1. The number of ketones is 1. The highest BCUT2D eigenvalue weighted by Crippen LogP contribution is 2.32. The summed E-state index contributed by atoms with van der Waals surface area (Å²) >= 11 is 0. The van der Waals surface area contributed by atoms with Crippen molar-refractivity contribution in [2.24, 2.45) is 17.8 Å². The summed E-state index contributed by atoms with van der Waals surface area (Å²) in [7, 11) is 0. The van der Waals surface area contributed by atoms with Gasteiger partial charge in [0, 0.05) is 32.0 Å². The maximum Gasteiger partial charge on any atom is 0.138 e. The van der Waals surface area contributed by atoms with Crippen LogP contribution in [0.15, 0.2) is 0 Å². The summed E-state index contributed by atoms with van der Waals surface area (Å²) in [6.07, 6.45) is 5.00. The van der Waals surface area contributed by atoms with E-state index < -0.39 is 0 Å². The summed E-state index contributed by atoms with van der Waals surface area (Å²) in [5.41, 5.74) is 0. The minimum Gasteiger partial charge on any atom is -0.302 e. The van der Waals surface area contributed by atoms with Gasteiger partial charge < -0.3 is 4.90 Å². The highest BCUT2D eigenvalue weighted by molar-refractivity contribution is 5.81. The van der Waals surface area contributed by atoms with Crippen molar-refractivity contribution in [1.82, 2.24) is 4.90 Å². The SMILES string of the molecule is CC1CN(CC2CCCC2C)CCC1=O. The Morgan fingerprint density at radius 3 is 2.73 bits per heavy atom. The van der Waals surface area contributed by atoms with E-state index >= 15 is 0 Å². The van der Waals surface area contributed by atoms with Crippen molar-refractivity contribution in [2.75, 3.05) is 19.6 Å². The first-order chi connectivity index (χ1) is 7.16. The van der Waals surface area contributed by atoms with Gasteiger partial charge in [-0.25, -0.2) is 0 Å². The molecule has 1 aliphatic carbocycles. The van der Waals surface area contributed by atoms with Gasteiger partial charge in [-0.1, -0.05) is 26.7 Å². The molecule has 0 radical (unpaired) electrons. The minimum absolute atomic E-state index is 0.274. The van der Waals surface area contributed by atoms with E-state index in [9.17, 15) is 4.79 Å². The largest absolute Gasteiger partial charge is 0.302 e. The zero-order valence-electron chi connectivity index (χ0n) is 10.0. The van der Waals surface area contributed by atoms with Crippen LogP contribution in [0.5, 0.6) is 0 Å². The van der Waals surface area contributed by atoms with Gasteiger partial charge in [0.25, 0.3) is 0 Å². The molecule has 2 heteroatoms. The van der Waals surface area contributed by atoms with Crippen LogP contribution < -0.4 is 0 Å². The molecule has 2 nitrogen and oxygen atoms in total. The van der Waals surface area contributed by atoms with Gasteiger partial charge in [0.15, 0.2) is 0 Å². The number of hydrogen-bond donors (Lipinski definition) is 0. The maximum atomic E-state index is 11.4. The molecule has 0 bridgehead atoms. The molecule has 2 fully saturated rings. The van der Waals surface area contributed by atoms with Crippen molar-refractivity contribution in [3.8, 4) is 0 Å². The Morgan fingerprint density at radius 1 is 1.33 bits per heavy atom. The van der Waals surface area contributed by atoms with Gasteiger partial charge in [-0.3, -0.25) is 4.79 Å². The van der Waals surface area contributed by atoms with Crippen LogP contribution in [-0.2, 0) is 4.79 Å². The molecule has 1 saturated heterocycles. The zero-order chi connectivity index (χ0) is 10.8. The number of rotatable bonds is 2. The van der Waals surface area contributed by atoms with Crippen LogP contribution in [0.1, 0.15) is 39.5 Å². The molecule has 3 atom stereocenters. The van der Waals surface area contributed by atoms with E-state index in [4.69, 9.17) is 0 Å². The third kappa shape index (κ3) is 2.60. The smallest absolute Gasteiger partial charge is 0.138 e. The third-order valence-corrected chi connectivity index (χ3v) is 4.29. The van der Waals surface area contributed by atoms with E-state index in [1.807, 2.05) is 0 Å². The van der Waals surface area contributed by atoms with E-state index in [2.05, 4.69) is 18.7 Å². The predicted molar refractivity (Wildman–Crippen MR) is 61.7 cm³/mol. The fourth-order valence-electron chi connectivity index (χ4n) is 3.09. The average Bonchev–Trinajstić information content (AvgIpc) is 2.59. The molecule has 0 aromatic rings. The predicted octanol–water partition coefficient (Wildman–Crippen LogP) is 2.33. The number of Topliss-reactive ketones (excluding diaryl/α,β-unsaturated/α-hetero) is 1. The minimum atomic E-state index is 0.274. The van der Waals surface area contributed by atoms with Crippen LogP contribution in [-0.4, -0.2) is 30.3 Å². The van der Waals surface area contributed by atoms with Gasteiger partial charge in [-0.2, -0.15) is 0 Å². The van der Waals surface area contributed by atoms with E-state index in [0.29, 0.717) is 5.78 Å². The van der Waals surface area contributed by atoms with Gasteiger partial charge in [0.2, 0.25) is 0 Å². The van der Waals surface area contributed by atoms with Crippen molar-refractivity contribution in [2.45, 2.75) is 39.5 Å². The zero-order valence-corrected chi connectivity index (χ0v) is 10.0. The molecule has 0 amide bonds. The summed E-state index contributed by atoms with van der Waals surface area (Å²) in [5, 5.41) is 0. The number of hydrogen-bond acceptors (Lipinski definition) is 2. The first kappa shape index (κ1) is 11.1. The Morgan fingerprint density at radius 2 is 2.13 bits per heavy atom. The van der Waals surface area contributed by atoms with Crippen molar-refractivity contribution in [3.63, 3.8) is 0 Å². The number of carbonyl (C=O) groups excluding carboxylic acids is 1. The number of likely N-dealkylation sites (tertiary alicyclic amines) is 1. The number of carbonyl (C=O) groups is 1. The van der Waals surface area contributed by atoms with Gasteiger partial charge in [0.05, 0.1) is 0 Å². The molecule has 0 aromatic carbocycles. The molecule has 2 aliphatic rings. The molecular weight excluding hydrogens is 186 g/mol. The molecule has 0 aromatic heterocycles. The highest BCUT2D eigenvalue weighted by Gasteiger charge is 2.29. The first-order valence-corrected chi connectivity index (χ1v) is 6.42. The summed E-state index contributed by atoms with van der Waals surface area (Å²) in [5.74, 6) is 2.53. The van der Waals surface area contributed by atoms with Gasteiger partial charge in [-0.05, 0) is 18.3 Å². The monoisotopic (exact) mass is 209 g/mol. The molecule has 3 unspecified atom stereocenters. The molecule has 0 spiro atoms. The lowest BCUT2D eigenvalue weighted by molar-refractivity contribution is -0.125. The molecule has 1 heterocycles. The molecule has 1 saturated carbocycles. The first-order valence-electron chi connectivity index (χ1n) is 6.42. The Kier molecular flexibility index (Phi) is 3.45.